The molecule has 12 nitrogen and oxygen atoms in total. The fourth-order valence-electron chi connectivity index (χ4n) is 5.90. The molecule has 0 saturated carbocycles. The van der Waals surface area contributed by atoms with Crippen molar-refractivity contribution in [2.45, 2.75) is 46.8 Å². The molecule has 4 aromatic rings. The number of ether oxygens (including phenoxy) is 1. The van der Waals surface area contributed by atoms with E-state index in [2.05, 4.69) is 39.0 Å². The van der Waals surface area contributed by atoms with Crippen molar-refractivity contribution in [1.82, 2.24) is 29.1 Å². The van der Waals surface area contributed by atoms with Gasteiger partial charge >= 0.3 is 5.97 Å². The molecule has 1 amide bonds. The number of aryl methyl sites for hydroxylation is 2. The third-order valence-corrected chi connectivity index (χ3v) is 7.69. The van der Waals surface area contributed by atoms with Crippen molar-refractivity contribution in [2.24, 2.45) is 19.5 Å². The molecular formula is C29H32N8O4. The summed E-state index contributed by atoms with van der Waals surface area (Å²) < 4.78 is 10.6. The van der Waals surface area contributed by atoms with E-state index in [-0.39, 0.29) is 23.5 Å². The van der Waals surface area contributed by atoms with Crippen molar-refractivity contribution >= 4 is 29.2 Å². The second-order valence-corrected chi connectivity index (χ2v) is 11.5. The number of rotatable bonds is 6. The van der Waals surface area contributed by atoms with Gasteiger partial charge in [0.1, 0.15) is 23.8 Å². The van der Waals surface area contributed by atoms with Crippen LogP contribution in [-0.2, 0) is 49.6 Å². The minimum atomic E-state index is -0.450. The van der Waals surface area contributed by atoms with Gasteiger partial charge in [-0.25, -0.2) is 4.98 Å². The summed E-state index contributed by atoms with van der Waals surface area (Å²) in [6, 6.07) is 5.52. The van der Waals surface area contributed by atoms with E-state index in [0.717, 1.165) is 12.8 Å². The van der Waals surface area contributed by atoms with Gasteiger partial charge in [-0.3, -0.25) is 24.0 Å². The zero-order valence-electron chi connectivity index (χ0n) is 23.8. The first-order chi connectivity index (χ1) is 19.5. The van der Waals surface area contributed by atoms with Crippen LogP contribution in [0.15, 0.2) is 41.6 Å². The Morgan fingerprint density at radius 2 is 1.93 bits per heavy atom. The van der Waals surface area contributed by atoms with Crippen LogP contribution in [0.1, 0.15) is 48.1 Å². The van der Waals surface area contributed by atoms with E-state index in [4.69, 9.17) is 4.74 Å². The highest BCUT2D eigenvalue weighted by molar-refractivity contribution is 6.06. The number of carbonyl (C=O) groups excluding carboxylic acids is 2. The topological polar surface area (TPSA) is 129 Å². The molecule has 0 atom stereocenters. The summed E-state index contributed by atoms with van der Waals surface area (Å²) in [6.07, 6.45) is 6.89. The van der Waals surface area contributed by atoms with Crippen molar-refractivity contribution in [3.05, 3.63) is 69.7 Å². The Labute approximate surface area is 236 Å². The number of nitrogens with one attached hydrogen (secondary N) is 1. The summed E-state index contributed by atoms with van der Waals surface area (Å²) in [5.74, 6) is 0.269. The van der Waals surface area contributed by atoms with Crippen LogP contribution in [0.4, 0.5) is 17.3 Å². The SMILES string of the molecule is CC(=O)OCc1c(-c2cc(Nc3cn(C)nn3)c(=O)n(C)c2)ccnc1N1CCn2c(cc3c2CC(C)(C)C3)C1=O. The summed E-state index contributed by atoms with van der Waals surface area (Å²) in [5.41, 5.74) is 5.31. The number of carbonyl (C=O) groups is 2. The summed E-state index contributed by atoms with van der Waals surface area (Å²) in [6.45, 7) is 6.84. The maximum atomic E-state index is 13.9. The van der Waals surface area contributed by atoms with E-state index in [9.17, 15) is 14.4 Å². The summed E-state index contributed by atoms with van der Waals surface area (Å²) >= 11 is 0. The van der Waals surface area contributed by atoms with E-state index < -0.39 is 5.97 Å². The number of pyridine rings is 2. The largest absolute Gasteiger partial charge is 0.461 e. The quantitative estimate of drug-likeness (QED) is 0.359. The number of anilines is 3. The van der Waals surface area contributed by atoms with Crippen LogP contribution in [-0.4, -0.2) is 47.5 Å². The van der Waals surface area contributed by atoms with Crippen molar-refractivity contribution in [1.29, 1.82) is 0 Å². The number of nitrogens with zero attached hydrogens (tertiary/aromatic N) is 7. The maximum absolute atomic E-state index is 13.9. The van der Waals surface area contributed by atoms with Crippen LogP contribution in [0.2, 0.25) is 0 Å². The summed E-state index contributed by atoms with van der Waals surface area (Å²) in [5, 5.41) is 11.0. The second-order valence-electron chi connectivity index (χ2n) is 11.5. The van der Waals surface area contributed by atoms with E-state index in [1.165, 1.54) is 27.4 Å². The van der Waals surface area contributed by atoms with E-state index in [1.807, 2.05) is 6.07 Å². The lowest BCUT2D eigenvalue weighted by Crippen LogP contribution is -2.41. The number of esters is 1. The second kappa shape index (κ2) is 9.72. The van der Waals surface area contributed by atoms with Crippen molar-refractivity contribution in [3.63, 3.8) is 0 Å². The molecular weight excluding hydrogens is 524 g/mol. The van der Waals surface area contributed by atoms with Crippen LogP contribution < -0.4 is 15.8 Å². The molecule has 212 valence electrons. The molecule has 4 aromatic heterocycles. The molecule has 0 radical (unpaired) electrons. The standard InChI is InChI=1S/C29H32N8O4/c1-17(38)41-16-21-20(19-10-22(27(39)34(4)14-19)31-25-15-35(5)33-32-25)6-7-30-26(21)37-9-8-36-23(28(37)40)11-18-12-29(2,3)13-24(18)36/h6-7,10-11,14-15,31H,8-9,12-13,16H2,1-5H3. The smallest absolute Gasteiger partial charge is 0.302 e. The van der Waals surface area contributed by atoms with Gasteiger partial charge in [-0.05, 0) is 47.6 Å². The summed E-state index contributed by atoms with van der Waals surface area (Å²) in [7, 11) is 3.39. The van der Waals surface area contributed by atoms with Crippen molar-refractivity contribution < 1.29 is 14.3 Å². The number of amides is 1. The summed E-state index contributed by atoms with van der Waals surface area (Å²) in [4.78, 5) is 45.0. The molecule has 0 spiro atoms. The highest BCUT2D eigenvalue weighted by Crippen LogP contribution is 2.40. The average molecular weight is 557 g/mol. The number of aromatic nitrogens is 6. The minimum absolute atomic E-state index is 0.0842. The highest BCUT2D eigenvalue weighted by atomic mass is 16.5. The number of fused-ring (bicyclic) bond motifs is 3. The molecule has 1 N–H and O–H groups in total. The van der Waals surface area contributed by atoms with Crippen LogP contribution in [0.25, 0.3) is 11.1 Å². The monoisotopic (exact) mass is 556 g/mol. The van der Waals surface area contributed by atoms with Gasteiger partial charge in [0.15, 0.2) is 5.82 Å². The predicted octanol–water partition coefficient (Wildman–Crippen LogP) is 2.97. The Kier molecular flexibility index (Phi) is 6.28. The normalized spacial score (nSPS) is 15.5. The van der Waals surface area contributed by atoms with Crippen LogP contribution in [0.3, 0.4) is 0 Å². The number of hydrogen-bond donors (Lipinski definition) is 1. The predicted molar refractivity (Wildman–Crippen MR) is 152 cm³/mol. The van der Waals surface area contributed by atoms with Crippen LogP contribution in [0, 0.1) is 5.41 Å². The highest BCUT2D eigenvalue weighted by Gasteiger charge is 2.37. The zero-order valence-corrected chi connectivity index (χ0v) is 23.8. The number of hydrogen-bond acceptors (Lipinski definition) is 8. The molecule has 0 saturated heterocycles. The van der Waals surface area contributed by atoms with Gasteiger partial charge in [0.25, 0.3) is 11.5 Å². The van der Waals surface area contributed by atoms with Crippen molar-refractivity contribution in [3.8, 4) is 11.1 Å². The van der Waals surface area contributed by atoms with E-state index >= 15 is 0 Å². The minimum Gasteiger partial charge on any atom is -0.461 e. The lowest BCUT2D eigenvalue weighted by molar-refractivity contribution is -0.142. The lowest BCUT2D eigenvalue weighted by atomic mass is 9.90. The molecule has 1 aliphatic heterocycles. The van der Waals surface area contributed by atoms with Gasteiger partial charge in [0, 0.05) is 63.3 Å². The first kappa shape index (κ1) is 26.5. The van der Waals surface area contributed by atoms with Crippen LogP contribution >= 0.6 is 0 Å². The molecule has 0 bridgehead atoms. The van der Waals surface area contributed by atoms with Gasteiger partial charge in [-0.15, -0.1) is 5.10 Å². The van der Waals surface area contributed by atoms with Gasteiger partial charge in [0.05, 0.1) is 6.20 Å². The van der Waals surface area contributed by atoms with Crippen molar-refractivity contribution in [2.75, 3.05) is 16.8 Å². The fraction of sp³-hybridized carbons (Fsp3) is 0.379. The maximum Gasteiger partial charge on any atom is 0.302 e. The van der Waals surface area contributed by atoms with Gasteiger partial charge in [-0.2, -0.15) is 0 Å². The molecule has 12 heteroatoms. The molecule has 1 aliphatic carbocycles. The molecule has 41 heavy (non-hydrogen) atoms. The third-order valence-electron chi connectivity index (χ3n) is 7.69. The van der Waals surface area contributed by atoms with Gasteiger partial charge < -0.3 is 19.2 Å². The first-order valence-corrected chi connectivity index (χ1v) is 13.5. The molecule has 6 rings (SSSR count). The van der Waals surface area contributed by atoms with E-state index in [0.29, 0.717) is 52.8 Å². The Morgan fingerprint density at radius 3 is 2.66 bits per heavy atom. The lowest BCUT2D eigenvalue weighted by Gasteiger charge is -2.31. The molecule has 0 fully saturated rings. The zero-order chi connectivity index (χ0) is 29.1. The van der Waals surface area contributed by atoms with Gasteiger partial charge in [0.2, 0.25) is 0 Å². The Balaban J connectivity index is 1.42. The fourth-order valence-corrected chi connectivity index (χ4v) is 5.90. The molecule has 2 aliphatic rings. The Bertz CT molecular complexity index is 1760. The molecule has 0 unspecified atom stereocenters. The third kappa shape index (κ3) is 4.79. The Hall–Kier alpha value is -4.74. The van der Waals surface area contributed by atoms with Gasteiger partial charge in [-0.1, -0.05) is 19.1 Å². The van der Waals surface area contributed by atoms with E-state index in [1.54, 1.807) is 49.7 Å². The average Bonchev–Trinajstić information content (AvgIpc) is 3.57. The molecule has 0 aromatic carbocycles. The first-order valence-electron chi connectivity index (χ1n) is 13.5. The van der Waals surface area contributed by atoms with Crippen LogP contribution in [0.5, 0.6) is 0 Å². The molecule has 5 heterocycles. The Morgan fingerprint density at radius 1 is 1.12 bits per heavy atom.